The number of ether oxygens (including phenoxy) is 1. The van der Waals surface area contributed by atoms with Crippen LogP contribution in [0.3, 0.4) is 0 Å². The molecule has 0 radical (unpaired) electrons. The Balaban J connectivity index is 1.26. The molecule has 0 unspecified atom stereocenters. The number of aromatic nitrogens is 3. The minimum Gasteiger partial charge on any atom is -0.459 e. The second-order valence-electron chi connectivity index (χ2n) is 5.69. The minimum absolute atomic E-state index is 0.0547. The Morgan fingerprint density at radius 1 is 1.11 bits per heavy atom. The molecule has 3 aromatic heterocycles. The van der Waals surface area contributed by atoms with Crippen LogP contribution in [0.5, 0.6) is 0 Å². The van der Waals surface area contributed by atoms with E-state index in [0.29, 0.717) is 29.7 Å². The van der Waals surface area contributed by atoms with Crippen LogP contribution in [0.1, 0.15) is 18.0 Å². The van der Waals surface area contributed by atoms with Crippen molar-refractivity contribution in [2.45, 2.75) is 19.4 Å². The molecule has 1 aromatic carbocycles. The van der Waals surface area contributed by atoms with Gasteiger partial charge in [0.25, 0.3) is 0 Å². The minimum atomic E-state index is -0.366. The SMILES string of the molecule is O=C(CCc1nc(-c2ccsc2)no1)OCc1coc(-c2ccccc2)n1. The van der Waals surface area contributed by atoms with E-state index in [-0.39, 0.29) is 19.0 Å². The van der Waals surface area contributed by atoms with Crippen LogP contribution in [0.25, 0.3) is 22.8 Å². The molecule has 4 aromatic rings. The molecule has 0 aliphatic rings. The lowest BCUT2D eigenvalue weighted by Gasteiger charge is -2.00. The van der Waals surface area contributed by atoms with Gasteiger partial charge in [0.1, 0.15) is 18.6 Å². The Hall–Kier alpha value is -3.26. The molecule has 0 bridgehead atoms. The van der Waals surface area contributed by atoms with Crippen LogP contribution in [0.15, 0.2) is 62.4 Å². The van der Waals surface area contributed by atoms with Crippen molar-refractivity contribution >= 4 is 17.3 Å². The van der Waals surface area contributed by atoms with Crippen molar-refractivity contribution in [1.82, 2.24) is 15.1 Å². The van der Waals surface area contributed by atoms with Crippen LogP contribution in [0.2, 0.25) is 0 Å². The summed E-state index contributed by atoms with van der Waals surface area (Å²) in [5, 5.41) is 7.78. The molecule has 0 aliphatic heterocycles. The van der Waals surface area contributed by atoms with Gasteiger partial charge in [-0.1, -0.05) is 23.4 Å². The van der Waals surface area contributed by atoms with Gasteiger partial charge in [-0.25, -0.2) is 4.98 Å². The largest absolute Gasteiger partial charge is 0.459 e. The lowest BCUT2D eigenvalue weighted by Crippen LogP contribution is -2.06. The van der Waals surface area contributed by atoms with Gasteiger partial charge in [0.15, 0.2) is 0 Å². The zero-order valence-electron chi connectivity index (χ0n) is 14.2. The standard InChI is InChI=1S/C19H15N3O4S/c23-17(7-6-16-21-18(22-26-16)14-8-9-27-12-14)24-10-15-11-25-19(20-15)13-4-2-1-3-5-13/h1-5,8-9,11-12H,6-7,10H2. The summed E-state index contributed by atoms with van der Waals surface area (Å²) in [6.07, 6.45) is 1.96. The topological polar surface area (TPSA) is 91.2 Å². The highest BCUT2D eigenvalue weighted by Crippen LogP contribution is 2.20. The number of benzene rings is 1. The van der Waals surface area contributed by atoms with Crippen molar-refractivity contribution in [1.29, 1.82) is 0 Å². The number of carbonyl (C=O) groups is 1. The van der Waals surface area contributed by atoms with Crippen molar-refractivity contribution in [3.63, 3.8) is 0 Å². The van der Waals surface area contributed by atoms with E-state index in [2.05, 4.69) is 15.1 Å². The summed E-state index contributed by atoms with van der Waals surface area (Å²) in [7, 11) is 0. The highest BCUT2D eigenvalue weighted by molar-refractivity contribution is 7.08. The Kier molecular flexibility index (Phi) is 5.06. The number of hydrogen-bond acceptors (Lipinski definition) is 8. The van der Waals surface area contributed by atoms with E-state index in [4.69, 9.17) is 13.7 Å². The van der Waals surface area contributed by atoms with Crippen molar-refractivity contribution in [3.8, 4) is 22.8 Å². The molecule has 8 heteroatoms. The van der Waals surface area contributed by atoms with Gasteiger partial charge in [-0.15, -0.1) is 0 Å². The molecule has 0 N–H and O–H groups in total. The average molecular weight is 381 g/mol. The van der Waals surface area contributed by atoms with E-state index < -0.39 is 0 Å². The van der Waals surface area contributed by atoms with E-state index in [1.807, 2.05) is 47.2 Å². The quantitative estimate of drug-likeness (QED) is 0.445. The van der Waals surface area contributed by atoms with Crippen molar-refractivity contribution in [2.24, 2.45) is 0 Å². The number of nitrogens with zero attached hydrogens (tertiary/aromatic N) is 3. The van der Waals surface area contributed by atoms with Crippen molar-refractivity contribution < 1.29 is 18.5 Å². The van der Waals surface area contributed by atoms with Crippen molar-refractivity contribution in [3.05, 3.63) is 65.0 Å². The molecular formula is C19H15N3O4S. The van der Waals surface area contributed by atoms with Gasteiger partial charge in [0, 0.05) is 22.9 Å². The summed E-state index contributed by atoms with van der Waals surface area (Å²) in [4.78, 5) is 20.5. The number of rotatable bonds is 7. The first-order chi connectivity index (χ1) is 13.3. The number of oxazole rings is 1. The predicted molar refractivity (Wildman–Crippen MR) is 97.7 cm³/mol. The van der Waals surface area contributed by atoms with Gasteiger partial charge in [0.05, 0.1) is 6.42 Å². The van der Waals surface area contributed by atoms with Crippen LogP contribution in [0, 0.1) is 0 Å². The third-order valence-electron chi connectivity index (χ3n) is 3.74. The predicted octanol–water partition coefficient (Wildman–Crippen LogP) is 4.13. The fraction of sp³-hybridized carbons (Fsp3) is 0.158. The lowest BCUT2D eigenvalue weighted by molar-refractivity contribution is -0.145. The molecule has 0 saturated carbocycles. The molecule has 7 nitrogen and oxygen atoms in total. The van der Waals surface area contributed by atoms with Gasteiger partial charge >= 0.3 is 5.97 Å². The third kappa shape index (κ3) is 4.29. The summed E-state index contributed by atoms with van der Waals surface area (Å²) < 4.78 is 15.8. The van der Waals surface area contributed by atoms with Crippen LogP contribution in [-0.4, -0.2) is 21.1 Å². The van der Waals surface area contributed by atoms with Gasteiger partial charge in [-0.3, -0.25) is 4.79 Å². The summed E-state index contributed by atoms with van der Waals surface area (Å²) in [6.45, 7) is 0.0547. The van der Waals surface area contributed by atoms with Gasteiger partial charge in [-0.2, -0.15) is 16.3 Å². The van der Waals surface area contributed by atoms with E-state index >= 15 is 0 Å². The zero-order chi connectivity index (χ0) is 18.5. The molecule has 0 amide bonds. The number of esters is 1. The molecule has 4 rings (SSSR count). The first kappa shape index (κ1) is 17.2. The van der Waals surface area contributed by atoms with E-state index in [0.717, 1.165) is 11.1 Å². The van der Waals surface area contributed by atoms with E-state index in [9.17, 15) is 4.79 Å². The molecule has 27 heavy (non-hydrogen) atoms. The van der Waals surface area contributed by atoms with Crippen LogP contribution < -0.4 is 0 Å². The molecule has 0 aliphatic carbocycles. The molecule has 0 fully saturated rings. The second-order valence-corrected chi connectivity index (χ2v) is 6.47. The van der Waals surface area contributed by atoms with Crippen LogP contribution in [-0.2, 0) is 22.6 Å². The smallest absolute Gasteiger partial charge is 0.306 e. The first-order valence-corrected chi connectivity index (χ1v) is 9.23. The van der Waals surface area contributed by atoms with Gasteiger partial charge in [0.2, 0.25) is 17.6 Å². The molecule has 3 heterocycles. The number of aryl methyl sites for hydroxylation is 1. The average Bonchev–Trinajstić information content (AvgIpc) is 3.47. The molecule has 0 atom stereocenters. The third-order valence-corrected chi connectivity index (χ3v) is 4.43. The second kappa shape index (κ2) is 7.96. The highest BCUT2D eigenvalue weighted by Gasteiger charge is 2.13. The first-order valence-electron chi connectivity index (χ1n) is 8.28. The number of hydrogen-bond donors (Lipinski definition) is 0. The molecule has 136 valence electrons. The lowest BCUT2D eigenvalue weighted by atomic mass is 10.2. The summed E-state index contributed by atoms with van der Waals surface area (Å²) >= 11 is 1.56. The number of thiophene rings is 1. The number of carbonyl (C=O) groups excluding carboxylic acids is 1. The van der Waals surface area contributed by atoms with E-state index in [1.54, 1.807) is 11.3 Å². The highest BCUT2D eigenvalue weighted by atomic mass is 32.1. The van der Waals surface area contributed by atoms with Crippen LogP contribution >= 0.6 is 11.3 Å². The summed E-state index contributed by atoms with van der Waals surface area (Å²) in [6, 6.07) is 11.4. The molecular weight excluding hydrogens is 366 g/mol. The normalized spacial score (nSPS) is 10.8. The van der Waals surface area contributed by atoms with Crippen molar-refractivity contribution in [2.75, 3.05) is 0 Å². The Bertz CT molecular complexity index is 1010. The van der Waals surface area contributed by atoms with Crippen LogP contribution in [0.4, 0.5) is 0 Å². The van der Waals surface area contributed by atoms with Gasteiger partial charge < -0.3 is 13.7 Å². The molecule has 0 spiro atoms. The molecule has 0 saturated heterocycles. The fourth-order valence-corrected chi connectivity index (χ4v) is 3.02. The summed E-state index contributed by atoms with van der Waals surface area (Å²) in [5.74, 6) is 1.06. The monoisotopic (exact) mass is 381 g/mol. The van der Waals surface area contributed by atoms with Gasteiger partial charge in [-0.05, 0) is 23.6 Å². The maximum Gasteiger partial charge on any atom is 0.306 e. The Morgan fingerprint density at radius 3 is 2.81 bits per heavy atom. The Labute approximate surface area is 158 Å². The van der Waals surface area contributed by atoms with E-state index in [1.165, 1.54) is 6.26 Å². The maximum absolute atomic E-state index is 11.9. The fourth-order valence-electron chi connectivity index (χ4n) is 2.39. The maximum atomic E-state index is 11.9. The zero-order valence-corrected chi connectivity index (χ0v) is 15.0. The summed E-state index contributed by atoms with van der Waals surface area (Å²) in [5.41, 5.74) is 2.32. The Morgan fingerprint density at radius 2 is 2.00 bits per heavy atom.